The molecule has 2 aliphatic rings. The van der Waals surface area contributed by atoms with E-state index in [1.165, 1.54) is 18.4 Å². The lowest BCUT2D eigenvalue weighted by atomic mass is 10.1. The van der Waals surface area contributed by atoms with Gasteiger partial charge in [0.2, 0.25) is 0 Å². The summed E-state index contributed by atoms with van der Waals surface area (Å²) in [5.41, 5.74) is 1.21. The maximum Gasteiger partial charge on any atom is 0.307 e. The van der Waals surface area contributed by atoms with Crippen molar-refractivity contribution in [1.82, 2.24) is 4.90 Å². The number of benzene rings is 1. The van der Waals surface area contributed by atoms with E-state index in [-0.39, 0.29) is 5.92 Å². The van der Waals surface area contributed by atoms with Gasteiger partial charge in [0.05, 0.1) is 12.0 Å². The van der Waals surface area contributed by atoms with Gasteiger partial charge in [0.25, 0.3) is 0 Å². The number of likely N-dealkylation sites (tertiary alicyclic amines) is 1. The van der Waals surface area contributed by atoms with E-state index in [2.05, 4.69) is 17.0 Å². The normalized spacial score (nSPS) is 23.5. The Balaban J connectivity index is 1.57. The Morgan fingerprint density at radius 1 is 1.29 bits per heavy atom. The second-order valence-electron chi connectivity index (χ2n) is 6.23. The molecule has 1 saturated carbocycles. The standard InChI is InChI=1S/C17H23NO3/c19-17(20)14-8-9-18(12-14)11-13-4-3-7-16(10-13)21-15-5-1-2-6-15/h3-4,7,10,14-15H,1-2,5-6,8-9,11-12H2,(H,19,20). The number of carbonyl (C=O) groups is 1. The van der Waals surface area contributed by atoms with E-state index in [1.54, 1.807) is 0 Å². The number of rotatable bonds is 5. The van der Waals surface area contributed by atoms with E-state index in [1.807, 2.05) is 12.1 Å². The van der Waals surface area contributed by atoms with Crippen LogP contribution < -0.4 is 4.74 Å². The van der Waals surface area contributed by atoms with Crippen LogP contribution in [0.4, 0.5) is 0 Å². The van der Waals surface area contributed by atoms with Crippen molar-refractivity contribution in [2.45, 2.75) is 44.8 Å². The predicted molar refractivity (Wildman–Crippen MR) is 80.3 cm³/mol. The first-order valence-electron chi connectivity index (χ1n) is 7.91. The first kappa shape index (κ1) is 14.4. The molecule has 1 atom stereocenters. The average molecular weight is 289 g/mol. The van der Waals surface area contributed by atoms with Gasteiger partial charge in [0.15, 0.2) is 0 Å². The van der Waals surface area contributed by atoms with E-state index in [4.69, 9.17) is 9.84 Å². The maximum atomic E-state index is 11.0. The van der Waals surface area contributed by atoms with Crippen molar-refractivity contribution in [3.05, 3.63) is 29.8 Å². The number of ether oxygens (including phenoxy) is 1. The number of nitrogens with zero attached hydrogens (tertiary/aromatic N) is 1. The predicted octanol–water partition coefficient (Wildman–Crippen LogP) is 2.91. The van der Waals surface area contributed by atoms with Gasteiger partial charge in [-0.2, -0.15) is 0 Å². The minimum atomic E-state index is -0.671. The first-order chi connectivity index (χ1) is 10.2. The number of aliphatic carboxylic acids is 1. The van der Waals surface area contributed by atoms with Crippen LogP contribution in [0.25, 0.3) is 0 Å². The van der Waals surface area contributed by atoms with Crippen molar-refractivity contribution in [3.63, 3.8) is 0 Å². The number of carboxylic acid groups (broad SMARTS) is 1. The Hall–Kier alpha value is -1.55. The maximum absolute atomic E-state index is 11.0. The lowest BCUT2D eigenvalue weighted by molar-refractivity contribution is -0.141. The SMILES string of the molecule is O=C(O)C1CCN(Cc2cccc(OC3CCCC3)c2)C1. The van der Waals surface area contributed by atoms with Crippen LogP contribution in [0.15, 0.2) is 24.3 Å². The molecule has 1 unspecified atom stereocenters. The summed E-state index contributed by atoms with van der Waals surface area (Å²) < 4.78 is 6.03. The third-order valence-electron chi connectivity index (χ3n) is 4.53. The van der Waals surface area contributed by atoms with Crippen molar-refractivity contribution >= 4 is 5.97 Å². The van der Waals surface area contributed by atoms with Gasteiger partial charge >= 0.3 is 5.97 Å². The summed E-state index contributed by atoms with van der Waals surface area (Å²) >= 11 is 0. The molecule has 3 rings (SSSR count). The number of hydrogen-bond donors (Lipinski definition) is 1. The van der Waals surface area contributed by atoms with Crippen LogP contribution in [-0.4, -0.2) is 35.2 Å². The van der Waals surface area contributed by atoms with E-state index in [0.717, 1.165) is 38.1 Å². The third-order valence-corrected chi connectivity index (χ3v) is 4.53. The molecule has 1 saturated heterocycles. The van der Waals surface area contributed by atoms with Gasteiger partial charge in [-0.1, -0.05) is 12.1 Å². The zero-order valence-corrected chi connectivity index (χ0v) is 12.3. The highest BCUT2D eigenvalue weighted by Gasteiger charge is 2.27. The molecule has 114 valence electrons. The monoisotopic (exact) mass is 289 g/mol. The second-order valence-corrected chi connectivity index (χ2v) is 6.23. The molecule has 0 spiro atoms. The topological polar surface area (TPSA) is 49.8 Å². The van der Waals surface area contributed by atoms with Crippen LogP contribution in [0.5, 0.6) is 5.75 Å². The molecule has 1 heterocycles. The fourth-order valence-corrected chi connectivity index (χ4v) is 3.35. The van der Waals surface area contributed by atoms with E-state index in [9.17, 15) is 4.79 Å². The molecular weight excluding hydrogens is 266 g/mol. The quantitative estimate of drug-likeness (QED) is 0.905. The molecule has 0 radical (unpaired) electrons. The van der Waals surface area contributed by atoms with Crippen molar-refractivity contribution in [1.29, 1.82) is 0 Å². The smallest absolute Gasteiger partial charge is 0.307 e. The Morgan fingerprint density at radius 3 is 2.81 bits per heavy atom. The molecule has 1 aromatic rings. The highest BCUT2D eigenvalue weighted by molar-refractivity contribution is 5.70. The first-order valence-corrected chi connectivity index (χ1v) is 7.91. The van der Waals surface area contributed by atoms with Crippen LogP contribution >= 0.6 is 0 Å². The molecule has 4 heteroatoms. The summed E-state index contributed by atoms with van der Waals surface area (Å²) in [5.74, 6) is 0.0760. The van der Waals surface area contributed by atoms with Crippen LogP contribution in [0.2, 0.25) is 0 Å². The lowest BCUT2D eigenvalue weighted by Crippen LogP contribution is -2.22. The summed E-state index contributed by atoms with van der Waals surface area (Å²) in [4.78, 5) is 13.2. The fourth-order valence-electron chi connectivity index (χ4n) is 3.35. The average Bonchev–Trinajstić information content (AvgIpc) is 3.11. The van der Waals surface area contributed by atoms with Gasteiger partial charge in [-0.05, 0) is 56.3 Å². The molecular formula is C17H23NO3. The largest absolute Gasteiger partial charge is 0.490 e. The van der Waals surface area contributed by atoms with Crippen LogP contribution in [0, 0.1) is 5.92 Å². The lowest BCUT2D eigenvalue weighted by Gasteiger charge is -2.17. The zero-order chi connectivity index (χ0) is 14.7. The van der Waals surface area contributed by atoms with Gasteiger partial charge in [-0.25, -0.2) is 0 Å². The van der Waals surface area contributed by atoms with Crippen molar-refractivity contribution < 1.29 is 14.6 Å². The molecule has 1 aliphatic heterocycles. The van der Waals surface area contributed by atoms with E-state index >= 15 is 0 Å². The Morgan fingerprint density at radius 2 is 2.10 bits per heavy atom. The second kappa shape index (κ2) is 6.48. The molecule has 2 fully saturated rings. The Labute approximate surface area is 125 Å². The molecule has 0 amide bonds. The molecule has 1 aliphatic carbocycles. The van der Waals surface area contributed by atoms with E-state index in [0.29, 0.717) is 12.6 Å². The summed E-state index contributed by atoms with van der Waals surface area (Å²) in [7, 11) is 0. The van der Waals surface area contributed by atoms with Gasteiger partial charge in [-0.3, -0.25) is 9.69 Å². The van der Waals surface area contributed by atoms with Crippen LogP contribution in [-0.2, 0) is 11.3 Å². The van der Waals surface area contributed by atoms with Gasteiger partial charge < -0.3 is 9.84 Å². The Bertz CT molecular complexity index is 497. The molecule has 1 aromatic carbocycles. The summed E-state index contributed by atoms with van der Waals surface area (Å²) in [5, 5.41) is 9.05. The molecule has 21 heavy (non-hydrogen) atoms. The highest BCUT2D eigenvalue weighted by atomic mass is 16.5. The minimum absolute atomic E-state index is 0.206. The minimum Gasteiger partial charge on any atom is -0.490 e. The highest BCUT2D eigenvalue weighted by Crippen LogP contribution is 2.25. The van der Waals surface area contributed by atoms with Crippen molar-refractivity contribution in [3.8, 4) is 5.75 Å². The molecule has 4 nitrogen and oxygen atoms in total. The Kier molecular flexibility index (Phi) is 4.44. The summed E-state index contributed by atoms with van der Waals surface area (Å²) in [6, 6.07) is 8.25. The van der Waals surface area contributed by atoms with Gasteiger partial charge in [0, 0.05) is 13.1 Å². The number of carboxylic acids is 1. The van der Waals surface area contributed by atoms with Gasteiger partial charge in [0.1, 0.15) is 5.75 Å². The zero-order valence-electron chi connectivity index (χ0n) is 12.3. The summed E-state index contributed by atoms with van der Waals surface area (Å²) in [6.07, 6.45) is 6.01. The third kappa shape index (κ3) is 3.76. The van der Waals surface area contributed by atoms with Crippen molar-refractivity contribution in [2.24, 2.45) is 5.92 Å². The van der Waals surface area contributed by atoms with Crippen LogP contribution in [0.3, 0.4) is 0 Å². The molecule has 0 aromatic heterocycles. The fraction of sp³-hybridized carbons (Fsp3) is 0.588. The molecule has 1 N–H and O–H groups in total. The number of hydrogen-bond acceptors (Lipinski definition) is 3. The van der Waals surface area contributed by atoms with Gasteiger partial charge in [-0.15, -0.1) is 0 Å². The van der Waals surface area contributed by atoms with Crippen molar-refractivity contribution in [2.75, 3.05) is 13.1 Å². The van der Waals surface area contributed by atoms with E-state index < -0.39 is 5.97 Å². The molecule has 0 bridgehead atoms. The van der Waals surface area contributed by atoms with Crippen LogP contribution in [0.1, 0.15) is 37.7 Å². The summed E-state index contributed by atoms with van der Waals surface area (Å²) in [6.45, 7) is 2.33.